The van der Waals surface area contributed by atoms with Crippen LogP contribution in [0.5, 0.6) is 17.2 Å². The highest BCUT2D eigenvalue weighted by Gasteiger charge is 2.24. The topological polar surface area (TPSA) is 84.9 Å². The van der Waals surface area contributed by atoms with Crippen molar-refractivity contribution in [1.82, 2.24) is 5.32 Å². The van der Waals surface area contributed by atoms with Gasteiger partial charge in [0.1, 0.15) is 24.7 Å². The summed E-state index contributed by atoms with van der Waals surface area (Å²) < 4.78 is 37.6. The summed E-state index contributed by atoms with van der Waals surface area (Å²) in [6, 6.07) is 21.6. The number of ether oxygens (including phenoxy) is 2. The van der Waals surface area contributed by atoms with Gasteiger partial charge in [-0.3, -0.25) is 9.10 Å². The van der Waals surface area contributed by atoms with Crippen LogP contribution < -0.4 is 19.1 Å². The number of sulfonamides is 1. The molecule has 3 aromatic carbocycles. The predicted octanol–water partition coefficient (Wildman–Crippen LogP) is 4.06. The van der Waals surface area contributed by atoms with Crippen molar-refractivity contribution in [3.8, 4) is 17.2 Å². The predicted molar refractivity (Wildman–Crippen MR) is 130 cm³/mol. The molecule has 1 N–H and O–H groups in total. The van der Waals surface area contributed by atoms with E-state index in [9.17, 15) is 13.2 Å². The Morgan fingerprint density at radius 1 is 0.909 bits per heavy atom. The molecule has 0 aromatic heterocycles. The zero-order chi connectivity index (χ0) is 23.8. The quantitative estimate of drug-likeness (QED) is 0.454. The zero-order valence-corrected chi connectivity index (χ0v) is 19.8. The number of hydrogen-bond donors (Lipinski definition) is 1. The maximum absolute atomic E-state index is 12.5. The zero-order valence-electron chi connectivity index (χ0n) is 18.9. The van der Waals surface area contributed by atoms with E-state index in [0.717, 1.165) is 27.4 Å². The van der Waals surface area contributed by atoms with E-state index in [-0.39, 0.29) is 25.4 Å². The van der Waals surface area contributed by atoms with E-state index in [1.807, 2.05) is 50.2 Å². The van der Waals surface area contributed by atoms with Gasteiger partial charge in [0.2, 0.25) is 15.9 Å². The van der Waals surface area contributed by atoms with Gasteiger partial charge < -0.3 is 14.8 Å². The fourth-order valence-corrected chi connectivity index (χ4v) is 4.17. The first-order chi connectivity index (χ1) is 15.7. The number of rotatable bonds is 10. The number of amides is 1. The lowest BCUT2D eigenvalue weighted by Gasteiger charge is -2.24. The Labute approximate surface area is 195 Å². The molecule has 0 spiro atoms. The summed E-state index contributed by atoms with van der Waals surface area (Å²) in [5.41, 5.74) is 2.47. The maximum atomic E-state index is 12.5. The van der Waals surface area contributed by atoms with Crippen LogP contribution >= 0.6 is 0 Å². The van der Waals surface area contributed by atoms with Gasteiger partial charge in [-0.2, -0.15) is 0 Å². The first-order valence-corrected chi connectivity index (χ1v) is 12.3. The van der Waals surface area contributed by atoms with E-state index in [0.29, 0.717) is 11.5 Å². The van der Waals surface area contributed by atoms with Crippen LogP contribution in [0.15, 0.2) is 72.8 Å². The third-order valence-electron chi connectivity index (χ3n) is 4.68. The minimum atomic E-state index is -3.75. The molecular weight excluding hydrogens is 440 g/mol. The fraction of sp³-hybridized carbons (Fsp3) is 0.240. The third kappa shape index (κ3) is 7.25. The van der Waals surface area contributed by atoms with Crippen LogP contribution in [0.3, 0.4) is 0 Å². The van der Waals surface area contributed by atoms with Crippen LogP contribution in [-0.2, 0) is 14.8 Å². The SMILES string of the molecule is Cc1cc(C)cc(OCCNC(=O)CN(c2ccccc2Oc2ccccc2)S(C)(=O)=O)c1. The van der Waals surface area contributed by atoms with Gasteiger partial charge in [-0.1, -0.05) is 36.4 Å². The maximum Gasteiger partial charge on any atom is 0.240 e. The van der Waals surface area contributed by atoms with Crippen molar-refractivity contribution in [2.24, 2.45) is 0 Å². The van der Waals surface area contributed by atoms with Crippen LogP contribution in [0.25, 0.3) is 0 Å². The molecule has 33 heavy (non-hydrogen) atoms. The Hall–Kier alpha value is -3.52. The lowest BCUT2D eigenvalue weighted by molar-refractivity contribution is -0.119. The summed E-state index contributed by atoms with van der Waals surface area (Å²) in [5.74, 6) is 1.18. The van der Waals surface area contributed by atoms with E-state index >= 15 is 0 Å². The average molecular weight is 469 g/mol. The lowest BCUT2D eigenvalue weighted by Crippen LogP contribution is -2.41. The Morgan fingerprint density at radius 3 is 2.21 bits per heavy atom. The number of hydrogen-bond acceptors (Lipinski definition) is 5. The van der Waals surface area contributed by atoms with E-state index < -0.39 is 15.9 Å². The summed E-state index contributed by atoms with van der Waals surface area (Å²) >= 11 is 0. The first kappa shape index (κ1) is 24.1. The summed E-state index contributed by atoms with van der Waals surface area (Å²) in [6.45, 7) is 4.10. The molecule has 174 valence electrons. The number of anilines is 1. The molecule has 0 atom stereocenters. The second-order valence-corrected chi connectivity index (χ2v) is 9.58. The molecule has 0 fully saturated rings. The van der Waals surface area contributed by atoms with Crippen molar-refractivity contribution in [2.45, 2.75) is 13.8 Å². The van der Waals surface area contributed by atoms with Crippen molar-refractivity contribution >= 4 is 21.6 Å². The summed E-state index contributed by atoms with van der Waals surface area (Å²) in [6.07, 6.45) is 1.06. The molecule has 0 saturated heterocycles. The summed E-state index contributed by atoms with van der Waals surface area (Å²) in [7, 11) is -3.75. The molecule has 0 bridgehead atoms. The van der Waals surface area contributed by atoms with E-state index in [2.05, 4.69) is 5.32 Å². The molecule has 0 aliphatic rings. The van der Waals surface area contributed by atoms with Gasteiger partial charge >= 0.3 is 0 Å². The highest BCUT2D eigenvalue weighted by Crippen LogP contribution is 2.33. The van der Waals surface area contributed by atoms with Crippen molar-refractivity contribution in [1.29, 1.82) is 0 Å². The molecule has 0 unspecified atom stereocenters. The second-order valence-electron chi connectivity index (χ2n) is 7.67. The van der Waals surface area contributed by atoms with Crippen LogP contribution in [0.2, 0.25) is 0 Å². The normalized spacial score (nSPS) is 11.0. The average Bonchev–Trinajstić information content (AvgIpc) is 2.75. The molecule has 3 aromatic rings. The van der Waals surface area contributed by atoms with Crippen molar-refractivity contribution in [2.75, 3.05) is 30.3 Å². The van der Waals surface area contributed by atoms with Crippen LogP contribution in [0.1, 0.15) is 11.1 Å². The van der Waals surface area contributed by atoms with Gasteiger partial charge in [0.15, 0.2) is 5.75 Å². The summed E-state index contributed by atoms with van der Waals surface area (Å²) in [5, 5.41) is 2.71. The number of aryl methyl sites for hydroxylation is 2. The van der Waals surface area contributed by atoms with Crippen LogP contribution in [-0.4, -0.2) is 40.3 Å². The molecule has 3 rings (SSSR count). The highest BCUT2D eigenvalue weighted by atomic mass is 32.2. The lowest BCUT2D eigenvalue weighted by atomic mass is 10.1. The Kier molecular flexibility index (Phi) is 7.95. The van der Waals surface area contributed by atoms with Crippen molar-refractivity contribution in [3.05, 3.63) is 83.9 Å². The smallest absolute Gasteiger partial charge is 0.240 e. The molecule has 7 nitrogen and oxygen atoms in total. The molecule has 0 radical (unpaired) electrons. The molecule has 0 heterocycles. The van der Waals surface area contributed by atoms with Gasteiger partial charge in [0, 0.05) is 0 Å². The summed E-state index contributed by atoms with van der Waals surface area (Å²) in [4.78, 5) is 12.5. The van der Waals surface area contributed by atoms with E-state index in [1.165, 1.54) is 0 Å². The monoisotopic (exact) mass is 468 g/mol. The van der Waals surface area contributed by atoms with Gasteiger partial charge in [0.05, 0.1) is 18.5 Å². The Balaban J connectivity index is 1.65. The van der Waals surface area contributed by atoms with Gasteiger partial charge in [-0.05, 0) is 61.4 Å². The number of carbonyl (C=O) groups excluding carboxylic acids is 1. The van der Waals surface area contributed by atoms with Gasteiger partial charge in [-0.25, -0.2) is 8.42 Å². The number of nitrogens with zero attached hydrogens (tertiary/aromatic N) is 1. The van der Waals surface area contributed by atoms with Crippen molar-refractivity contribution < 1.29 is 22.7 Å². The van der Waals surface area contributed by atoms with Crippen LogP contribution in [0, 0.1) is 13.8 Å². The first-order valence-electron chi connectivity index (χ1n) is 10.5. The minimum Gasteiger partial charge on any atom is -0.492 e. The molecular formula is C25H28N2O5S. The highest BCUT2D eigenvalue weighted by molar-refractivity contribution is 7.92. The third-order valence-corrected chi connectivity index (χ3v) is 5.81. The molecule has 0 saturated carbocycles. The van der Waals surface area contributed by atoms with Crippen LogP contribution in [0.4, 0.5) is 5.69 Å². The largest absolute Gasteiger partial charge is 0.492 e. The van der Waals surface area contributed by atoms with Gasteiger partial charge in [-0.15, -0.1) is 0 Å². The number of benzene rings is 3. The molecule has 0 aliphatic heterocycles. The number of nitrogens with one attached hydrogen (secondary N) is 1. The van der Waals surface area contributed by atoms with E-state index in [1.54, 1.807) is 36.4 Å². The fourth-order valence-electron chi connectivity index (χ4n) is 3.31. The second kappa shape index (κ2) is 10.9. The number of carbonyl (C=O) groups is 1. The molecule has 1 amide bonds. The van der Waals surface area contributed by atoms with Crippen molar-refractivity contribution in [3.63, 3.8) is 0 Å². The Morgan fingerprint density at radius 2 is 1.55 bits per heavy atom. The van der Waals surface area contributed by atoms with E-state index in [4.69, 9.17) is 9.47 Å². The minimum absolute atomic E-state index is 0.242. The Bertz CT molecular complexity index is 1180. The molecule has 0 aliphatic carbocycles. The standard InChI is InChI=1S/C25H28N2O5S/c1-19-15-20(2)17-22(16-19)31-14-13-26-25(28)18-27(33(3,29)30)23-11-7-8-12-24(23)32-21-9-5-4-6-10-21/h4-12,15-17H,13-14,18H2,1-3H3,(H,26,28). The van der Waals surface area contributed by atoms with Gasteiger partial charge in [0.25, 0.3) is 0 Å². The number of para-hydroxylation sites is 3. The molecule has 8 heteroatoms.